The summed E-state index contributed by atoms with van der Waals surface area (Å²) >= 11 is 0. The number of hydrogen-bond acceptors (Lipinski definition) is 5. The lowest BCUT2D eigenvalue weighted by atomic mass is 10.2. The van der Waals surface area contributed by atoms with Gasteiger partial charge in [0.25, 0.3) is 11.8 Å². The van der Waals surface area contributed by atoms with E-state index >= 15 is 0 Å². The van der Waals surface area contributed by atoms with Gasteiger partial charge in [0.05, 0.1) is 6.54 Å². The second kappa shape index (κ2) is 5.57. The van der Waals surface area contributed by atoms with Crippen molar-refractivity contribution in [2.75, 3.05) is 6.61 Å². The molecule has 1 aliphatic heterocycles. The Kier molecular flexibility index (Phi) is 3.42. The zero-order valence-corrected chi connectivity index (χ0v) is 12.2. The highest BCUT2D eigenvalue weighted by atomic mass is 16.5. The molecule has 1 saturated carbocycles. The van der Waals surface area contributed by atoms with Crippen molar-refractivity contribution in [1.82, 2.24) is 20.0 Å². The van der Waals surface area contributed by atoms with Crippen molar-refractivity contribution in [3.8, 4) is 0 Å². The lowest BCUT2D eigenvalue weighted by Crippen LogP contribution is -2.25. The first-order valence-corrected chi connectivity index (χ1v) is 7.70. The molecule has 2 aromatic rings. The molecule has 2 fully saturated rings. The molecule has 0 bridgehead atoms. The molecular formula is C15H18N4O3. The van der Waals surface area contributed by atoms with Crippen LogP contribution in [-0.4, -0.2) is 27.2 Å². The summed E-state index contributed by atoms with van der Waals surface area (Å²) in [5, 5.41) is 6.74. The number of nitrogens with zero attached hydrogens (tertiary/aromatic N) is 3. The maximum Gasteiger partial charge on any atom is 0.268 e. The van der Waals surface area contributed by atoms with E-state index in [1.807, 2.05) is 22.9 Å². The summed E-state index contributed by atoms with van der Waals surface area (Å²) in [4.78, 5) is 16.5. The number of nitrogens with one attached hydrogen (secondary N) is 1. The number of carbonyl (C=O) groups excluding carboxylic acids is 1. The van der Waals surface area contributed by atoms with Crippen LogP contribution in [0.15, 0.2) is 22.9 Å². The highest BCUT2D eigenvalue weighted by Gasteiger charge is 2.27. The molecule has 4 rings (SSSR count). The summed E-state index contributed by atoms with van der Waals surface area (Å²) in [7, 11) is 0. The summed E-state index contributed by atoms with van der Waals surface area (Å²) in [6, 6.07) is 4.21. The van der Waals surface area contributed by atoms with Crippen LogP contribution in [0.1, 0.15) is 60.0 Å². The molecule has 0 aromatic carbocycles. The van der Waals surface area contributed by atoms with Gasteiger partial charge in [-0.25, -0.2) is 0 Å². The second-order valence-corrected chi connectivity index (χ2v) is 5.77. The monoisotopic (exact) mass is 302 g/mol. The van der Waals surface area contributed by atoms with Gasteiger partial charge in [0.15, 0.2) is 5.82 Å². The molecule has 0 unspecified atom stereocenters. The third kappa shape index (κ3) is 2.64. The third-order valence-corrected chi connectivity index (χ3v) is 4.05. The van der Waals surface area contributed by atoms with E-state index in [1.54, 1.807) is 0 Å². The second-order valence-electron chi connectivity index (χ2n) is 5.77. The van der Waals surface area contributed by atoms with Crippen LogP contribution in [0.5, 0.6) is 0 Å². The topological polar surface area (TPSA) is 82.2 Å². The summed E-state index contributed by atoms with van der Waals surface area (Å²) in [5.74, 6) is 0.867. The Morgan fingerprint density at radius 1 is 1.41 bits per heavy atom. The predicted molar refractivity (Wildman–Crippen MR) is 76.1 cm³/mol. The van der Waals surface area contributed by atoms with E-state index in [1.165, 1.54) is 0 Å². The van der Waals surface area contributed by atoms with Gasteiger partial charge < -0.3 is 19.1 Å². The van der Waals surface area contributed by atoms with Gasteiger partial charge in [-0.2, -0.15) is 4.98 Å². The van der Waals surface area contributed by atoms with Crippen LogP contribution in [0.2, 0.25) is 0 Å². The first kappa shape index (κ1) is 13.5. The molecule has 7 heteroatoms. The summed E-state index contributed by atoms with van der Waals surface area (Å²) in [5.41, 5.74) is 0.686. The minimum absolute atomic E-state index is 0.0935. The largest absolute Gasteiger partial charge is 0.368 e. The smallest absolute Gasteiger partial charge is 0.268 e. The normalized spacial score (nSPS) is 21.2. The number of carbonyl (C=O) groups is 1. The van der Waals surface area contributed by atoms with Crippen molar-refractivity contribution < 1.29 is 14.1 Å². The van der Waals surface area contributed by atoms with Crippen LogP contribution in [0.25, 0.3) is 0 Å². The van der Waals surface area contributed by atoms with Crippen molar-refractivity contribution in [2.45, 2.75) is 44.4 Å². The fourth-order valence-corrected chi connectivity index (χ4v) is 2.75. The number of rotatable bonds is 5. The fourth-order valence-electron chi connectivity index (χ4n) is 2.75. The minimum atomic E-state index is -0.111. The van der Waals surface area contributed by atoms with E-state index in [0.717, 1.165) is 32.3 Å². The van der Waals surface area contributed by atoms with Crippen molar-refractivity contribution >= 4 is 5.91 Å². The van der Waals surface area contributed by atoms with Crippen molar-refractivity contribution in [3.05, 3.63) is 35.7 Å². The highest BCUT2D eigenvalue weighted by molar-refractivity contribution is 5.92. The zero-order valence-electron chi connectivity index (χ0n) is 12.2. The quantitative estimate of drug-likeness (QED) is 0.913. The third-order valence-electron chi connectivity index (χ3n) is 4.05. The van der Waals surface area contributed by atoms with E-state index < -0.39 is 0 Å². The average Bonchev–Trinajstić information content (AvgIpc) is 3.02. The first-order chi connectivity index (χ1) is 10.8. The molecule has 0 radical (unpaired) electrons. The van der Waals surface area contributed by atoms with E-state index in [0.29, 0.717) is 23.5 Å². The van der Waals surface area contributed by atoms with E-state index in [2.05, 4.69) is 15.5 Å². The molecule has 3 heterocycles. The first-order valence-electron chi connectivity index (χ1n) is 7.70. The van der Waals surface area contributed by atoms with Gasteiger partial charge in [-0.15, -0.1) is 0 Å². The van der Waals surface area contributed by atoms with Crippen molar-refractivity contribution in [1.29, 1.82) is 0 Å². The molecule has 22 heavy (non-hydrogen) atoms. The van der Waals surface area contributed by atoms with Crippen LogP contribution in [0, 0.1) is 0 Å². The van der Waals surface area contributed by atoms with Crippen LogP contribution in [0.4, 0.5) is 0 Å². The SMILES string of the molecule is O=C(NCc1noc([C@H]2CCCO2)n1)c1cccn1C1CC1. The van der Waals surface area contributed by atoms with Gasteiger partial charge >= 0.3 is 0 Å². The molecule has 1 aliphatic carbocycles. The fraction of sp³-hybridized carbons (Fsp3) is 0.533. The highest BCUT2D eigenvalue weighted by Crippen LogP contribution is 2.36. The van der Waals surface area contributed by atoms with Crippen molar-refractivity contribution in [3.63, 3.8) is 0 Å². The molecule has 1 saturated heterocycles. The lowest BCUT2D eigenvalue weighted by Gasteiger charge is -2.07. The summed E-state index contributed by atoms with van der Waals surface area (Å²) in [6.07, 6.45) is 6.06. The molecule has 1 N–H and O–H groups in total. The number of aromatic nitrogens is 3. The molecule has 2 aliphatic rings. The Hall–Kier alpha value is -2.15. The van der Waals surface area contributed by atoms with Gasteiger partial charge in [0, 0.05) is 18.8 Å². The van der Waals surface area contributed by atoms with Crippen molar-refractivity contribution in [2.24, 2.45) is 0 Å². The van der Waals surface area contributed by atoms with E-state index in [-0.39, 0.29) is 18.6 Å². The Morgan fingerprint density at radius 3 is 3.09 bits per heavy atom. The van der Waals surface area contributed by atoms with Crippen LogP contribution in [-0.2, 0) is 11.3 Å². The number of ether oxygens (including phenoxy) is 1. The molecule has 1 atom stereocenters. The Bertz CT molecular complexity index is 668. The molecule has 7 nitrogen and oxygen atoms in total. The van der Waals surface area contributed by atoms with Gasteiger partial charge in [0.1, 0.15) is 11.8 Å². The predicted octanol–water partition coefficient (Wildman–Crippen LogP) is 1.99. The molecule has 116 valence electrons. The molecule has 0 spiro atoms. The summed E-state index contributed by atoms with van der Waals surface area (Å²) < 4.78 is 12.7. The zero-order chi connectivity index (χ0) is 14.9. The van der Waals surface area contributed by atoms with E-state index in [9.17, 15) is 4.79 Å². The molecule has 1 amide bonds. The number of amides is 1. The van der Waals surface area contributed by atoms with Crippen LogP contribution in [0.3, 0.4) is 0 Å². The maximum absolute atomic E-state index is 12.3. The van der Waals surface area contributed by atoms with Gasteiger partial charge in [-0.05, 0) is 37.8 Å². The standard InChI is InChI=1S/C15H18N4O3/c20-14(11-3-1-7-19(11)10-5-6-10)16-9-13-17-15(22-18-13)12-4-2-8-21-12/h1,3,7,10,12H,2,4-6,8-9H2,(H,16,20)/t12-/m1/s1. The molecular weight excluding hydrogens is 284 g/mol. The minimum Gasteiger partial charge on any atom is -0.368 e. The Labute approximate surface area is 127 Å². The van der Waals surface area contributed by atoms with Crippen LogP contribution >= 0.6 is 0 Å². The van der Waals surface area contributed by atoms with Gasteiger partial charge in [-0.1, -0.05) is 5.16 Å². The Balaban J connectivity index is 1.37. The average molecular weight is 302 g/mol. The molecule has 2 aromatic heterocycles. The van der Waals surface area contributed by atoms with Gasteiger partial charge in [-0.3, -0.25) is 4.79 Å². The maximum atomic E-state index is 12.3. The Morgan fingerprint density at radius 2 is 2.32 bits per heavy atom. The summed E-state index contributed by atoms with van der Waals surface area (Å²) in [6.45, 7) is 0.988. The lowest BCUT2D eigenvalue weighted by molar-refractivity contribution is 0.0835. The number of hydrogen-bond donors (Lipinski definition) is 1. The van der Waals surface area contributed by atoms with E-state index in [4.69, 9.17) is 9.26 Å². The van der Waals surface area contributed by atoms with Gasteiger partial charge in [0.2, 0.25) is 0 Å². The van der Waals surface area contributed by atoms with Crippen LogP contribution < -0.4 is 5.32 Å².